The smallest absolute Gasteiger partial charge is 0.227 e. The summed E-state index contributed by atoms with van der Waals surface area (Å²) >= 11 is 0. The van der Waals surface area contributed by atoms with Gasteiger partial charge in [-0.1, -0.05) is 78.9 Å². The first kappa shape index (κ1) is 23.3. The molecular formula is C37H24N2O2. The van der Waals surface area contributed by atoms with Crippen molar-refractivity contribution in [1.82, 2.24) is 4.98 Å². The Morgan fingerprint density at radius 2 is 1.05 bits per heavy atom. The molecule has 0 aliphatic heterocycles. The fraction of sp³-hybridized carbons (Fsp3) is 0. The van der Waals surface area contributed by atoms with Crippen molar-refractivity contribution in [1.29, 1.82) is 0 Å². The number of aromatic nitrogens is 1. The summed E-state index contributed by atoms with van der Waals surface area (Å²) in [6, 6.07) is 49.8. The molecule has 0 bridgehead atoms. The van der Waals surface area contributed by atoms with Gasteiger partial charge in [0.1, 0.15) is 16.7 Å². The first-order chi connectivity index (χ1) is 20.3. The predicted molar refractivity (Wildman–Crippen MR) is 167 cm³/mol. The van der Waals surface area contributed by atoms with Crippen molar-refractivity contribution in [3.63, 3.8) is 0 Å². The molecule has 0 aliphatic carbocycles. The van der Waals surface area contributed by atoms with Gasteiger partial charge >= 0.3 is 0 Å². The number of rotatable bonds is 5. The van der Waals surface area contributed by atoms with E-state index in [0.29, 0.717) is 5.89 Å². The molecule has 0 saturated carbocycles. The molecule has 0 N–H and O–H groups in total. The standard InChI is InChI=1S/C37H24N2O2/c1-2-9-27(10-3-1)39(29-23-19-26(20-24-29)37-38-33-14-5-7-16-35(33)41-37)28-21-17-25(18-22-28)30-12-8-13-32-31-11-4-6-15-34(31)40-36(30)32/h1-24H. The van der Waals surface area contributed by atoms with Crippen LogP contribution in [0, 0.1) is 0 Å². The molecule has 0 saturated heterocycles. The molecule has 4 nitrogen and oxygen atoms in total. The van der Waals surface area contributed by atoms with Gasteiger partial charge in [0.05, 0.1) is 0 Å². The minimum atomic E-state index is 0.619. The molecule has 2 aromatic heterocycles. The molecule has 8 aromatic rings. The van der Waals surface area contributed by atoms with E-state index in [1.165, 1.54) is 0 Å². The van der Waals surface area contributed by atoms with Crippen molar-refractivity contribution < 1.29 is 8.83 Å². The average Bonchev–Trinajstić information content (AvgIpc) is 3.64. The van der Waals surface area contributed by atoms with Gasteiger partial charge in [-0.3, -0.25) is 0 Å². The molecule has 2 heterocycles. The number of oxazole rings is 1. The summed E-state index contributed by atoms with van der Waals surface area (Å²) in [4.78, 5) is 6.91. The molecule has 0 fully saturated rings. The van der Waals surface area contributed by atoms with Crippen LogP contribution in [0.5, 0.6) is 0 Å². The lowest BCUT2D eigenvalue weighted by Crippen LogP contribution is -2.09. The molecule has 4 heteroatoms. The number of anilines is 3. The van der Waals surface area contributed by atoms with E-state index in [1.54, 1.807) is 0 Å². The van der Waals surface area contributed by atoms with Crippen molar-refractivity contribution >= 4 is 50.1 Å². The van der Waals surface area contributed by atoms with Crippen LogP contribution in [0.3, 0.4) is 0 Å². The van der Waals surface area contributed by atoms with E-state index in [1.807, 2.05) is 42.5 Å². The highest BCUT2D eigenvalue weighted by Crippen LogP contribution is 2.39. The molecular weight excluding hydrogens is 504 g/mol. The highest BCUT2D eigenvalue weighted by molar-refractivity contribution is 6.09. The Labute approximate surface area is 236 Å². The van der Waals surface area contributed by atoms with Crippen molar-refractivity contribution in [3.8, 4) is 22.6 Å². The molecule has 0 atom stereocenters. The number of nitrogens with zero attached hydrogens (tertiary/aromatic N) is 2. The topological polar surface area (TPSA) is 42.4 Å². The Hall–Kier alpha value is -5.61. The normalized spacial score (nSPS) is 11.4. The monoisotopic (exact) mass is 528 g/mol. The van der Waals surface area contributed by atoms with Crippen molar-refractivity contribution in [2.45, 2.75) is 0 Å². The van der Waals surface area contributed by atoms with Crippen molar-refractivity contribution in [2.24, 2.45) is 0 Å². The second kappa shape index (κ2) is 9.54. The summed E-state index contributed by atoms with van der Waals surface area (Å²) in [5, 5.41) is 2.27. The third kappa shape index (κ3) is 4.05. The predicted octanol–water partition coefficient (Wildman–Crippen LogP) is 10.5. The van der Waals surface area contributed by atoms with Crippen molar-refractivity contribution in [2.75, 3.05) is 4.90 Å². The highest BCUT2D eigenvalue weighted by Gasteiger charge is 2.16. The van der Waals surface area contributed by atoms with Gasteiger partial charge in [-0.05, 0) is 72.3 Å². The molecule has 6 aromatic carbocycles. The van der Waals surface area contributed by atoms with Gasteiger partial charge in [0.2, 0.25) is 5.89 Å². The minimum absolute atomic E-state index is 0.619. The van der Waals surface area contributed by atoms with Crippen LogP contribution in [0.4, 0.5) is 17.1 Å². The van der Waals surface area contributed by atoms with E-state index in [9.17, 15) is 0 Å². The van der Waals surface area contributed by atoms with Crippen molar-refractivity contribution in [3.05, 3.63) is 146 Å². The number of hydrogen-bond acceptors (Lipinski definition) is 4. The second-order valence-corrected chi connectivity index (χ2v) is 10.0. The van der Waals surface area contributed by atoms with Crippen LogP contribution in [0.1, 0.15) is 0 Å². The number of furan rings is 1. The average molecular weight is 529 g/mol. The second-order valence-electron chi connectivity index (χ2n) is 10.0. The van der Waals surface area contributed by atoms with Gasteiger partial charge in [0.15, 0.2) is 5.58 Å². The van der Waals surface area contributed by atoms with Gasteiger partial charge in [0, 0.05) is 39.0 Å². The van der Waals surface area contributed by atoms with E-state index in [4.69, 9.17) is 8.83 Å². The fourth-order valence-electron chi connectivity index (χ4n) is 5.54. The summed E-state index contributed by atoms with van der Waals surface area (Å²) in [7, 11) is 0. The maximum Gasteiger partial charge on any atom is 0.227 e. The lowest BCUT2D eigenvalue weighted by atomic mass is 10.0. The van der Waals surface area contributed by atoms with Gasteiger partial charge in [-0.15, -0.1) is 0 Å². The third-order valence-corrected chi connectivity index (χ3v) is 7.52. The Balaban J connectivity index is 1.18. The molecule has 194 valence electrons. The molecule has 0 amide bonds. The van der Waals surface area contributed by atoms with E-state index < -0.39 is 0 Å². The summed E-state index contributed by atoms with van der Waals surface area (Å²) < 4.78 is 12.3. The largest absolute Gasteiger partial charge is 0.455 e. The minimum Gasteiger partial charge on any atom is -0.455 e. The van der Waals surface area contributed by atoms with Crippen LogP contribution in [0.25, 0.3) is 55.6 Å². The van der Waals surface area contributed by atoms with Crippen LogP contribution in [-0.4, -0.2) is 4.98 Å². The molecule has 41 heavy (non-hydrogen) atoms. The van der Waals surface area contributed by atoms with E-state index in [-0.39, 0.29) is 0 Å². The van der Waals surface area contributed by atoms with E-state index in [2.05, 4.69) is 113 Å². The molecule has 8 rings (SSSR count). The zero-order chi connectivity index (χ0) is 27.2. The number of benzene rings is 6. The zero-order valence-electron chi connectivity index (χ0n) is 22.1. The SMILES string of the molecule is c1ccc(N(c2ccc(-c3nc4ccccc4o3)cc2)c2ccc(-c3cccc4c3oc3ccccc34)cc2)cc1. The number of hydrogen-bond donors (Lipinski definition) is 0. The zero-order valence-corrected chi connectivity index (χ0v) is 22.1. The van der Waals surface area contributed by atoms with Crippen LogP contribution in [0.15, 0.2) is 154 Å². The molecule has 0 aliphatic rings. The fourth-order valence-corrected chi connectivity index (χ4v) is 5.54. The van der Waals surface area contributed by atoms with E-state index >= 15 is 0 Å². The van der Waals surface area contributed by atoms with Gasteiger partial charge < -0.3 is 13.7 Å². The first-order valence-corrected chi connectivity index (χ1v) is 13.6. The summed E-state index contributed by atoms with van der Waals surface area (Å²) in [5.41, 5.74) is 9.78. The van der Waals surface area contributed by atoms with Crippen LogP contribution < -0.4 is 4.90 Å². The summed E-state index contributed by atoms with van der Waals surface area (Å²) in [6.07, 6.45) is 0. The van der Waals surface area contributed by atoms with Crippen LogP contribution >= 0.6 is 0 Å². The maximum atomic E-state index is 6.30. The molecule has 0 spiro atoms. The van der Waals surface area contributed by atoms with E-state index in [0.717, 1.165) is 66.8 Å². The van der Waals surface area contributed by atoms with Crippen LogP contribution in [0.2, 0.25) is 0 Å². The van der Waals surface area contributed by atoms with Gasteiger partial charge in [-0.25, -0.2) is 4.98 Å². The third-order valence-electron chi connectivity index (χ3n) is 7.52. The maximum absolute atomic E-state index is 6.30. The quantitative estimate of drug-likeness (QED) is 0.223. The Kier molecular flexibility index (Phi) is 5.42. The Morgan fingerprint density at radius 3 is 1.80 bits per heavy atom. The van der Waals surface area contributed by atoms with Gasteiger partial charge in [0.25, 0.3) is 0 Å². The molecule has 0 unspecified atom stereocenters. The first-order valence-electron chi connectivity index (χ1n) is 13.6. The van der Waals surface area contributed by atoms with Crippen LogP contribution in [-0.2, 0) is 0 Å². The lowest BCUT2D eigenvalue weighted by Gasteiger charge is -2.25. The molecule has 0 radical (unpaired) electrons. The summed E-state index contributed by atoms with van der Waals surface area (Å²) in [5.74, 6) is 0.619. The number of para-hydroxylation sites is 5. The summed E-state index contributed by atoms with van der Waals surface area (Å²) in [6.45, 7) is 0. The Bertz CT molecular complexity index is 2110. The van der Waals surface area contributed by atoms with Gasteiger partial charge in [-0.2, -0.15) is 0 Å². The highest BCUT2D eigenvalue weighted by atomic mass is 16.3. The lowest BCUT2D eigenvalue weighted by molar-refractivity contribution is 0.620. The Morgan fingerprint density at radius 1 is 0.439 bits per heavy atom. The number of fused-ring (bicyclic) bond motifs is 4.